The molecule has 0 aromatic heterocycles. The highest BCUT2D eigenvalue weighted by Crippen LogP contribution is 2.41. The summed E-state index contributed by atoms with van der Waals surface area (Å²) in [5, 5.41) is 3.14. The lowest BCUT2D eigenvalue weighted by atomic mass is 9.74. The fourth-order valence-electron chi connectivity index (χ4n) is 3.65. The lowest BCUT2D eigenvalue weighted by Gasteiger charge is -2.36. The Morgan fingerprint density at radius 1 is 1.14 bits per heavy atom. The summed E-state index contributed by atoms with van der Waals surface area (Å²) >= 11 is 0. The molecule has 0 bridgehead atoms. The first-order valence-corrected chi connectivity index (χ1v) is 9.37. The second-order valence-corrected chi connectivity index (χ2v) is 7.02. The number of anilines is 1. The standard InChI is InChI=1S/C21H25N3O4/c1-25-17-4-2-3-16(12-17)24-20(22)23-13-21(7-9-26-10-8-21)15-5-6-18-19(11-15)28-14-27-18/h2-6,11-12H,7-10,13-14H2,1H3,(H3,22,23,24). The molecule has 0 aliphatic carbocycles. The number of hydrogen-bond acceptors (Lipinski definition) is 5. The van der Waals surface area contributed by atoms with Crippen molar-refractivity contribution in [3.8, 4) is 17.2 Å². The van der Waals surface area contributed by atoms with E-state index in [-0.39, 0.29) is 12.2 Å². The Bertz CT molecular complexity index is 862. The van der Waals surface area contributed by atoms with Crippen LogP contribution in [0.4, 0.5) is 5.69 Å². The third-order valence-electron chi connectivity index (χ3n) is 5.33. The summed E-state index contributed by atoms with van der Waals surface area (Å²) in [6.45, 7) is 2.24. The minimum Gasteiger partial charge on any atom is -0.497 e. The summed E-state index contributed by atoms with van der Waals surface area (Å²) in [5.41, 5.74) is 8.04. The van der Waals surface area contributed by atoms with Crippen molar-refractivity contribution in [2.24, 2.45) is 10.7 Å². The van der Waals surface area contributed by atoms with Gasteiger partial charge in [-0.25, -0.2) is 0 Å². The average Bonchev–Trinajstić information content (AvgIpc) is 3.21. The fourth-order valence-corrected chi connectivity index (χ4v) is 3.65. The molecule has 2 heterocycles. The molecule has 148 valence electrons. The molecule has 0 spiro atoms. The van der Waals surface area contributed by atoms with Gasteiger partial charge in [0.05, 0.1) is 13.7 Å². The molecule has 2 aliphatic heterocycles. The van der Waals surface area contributed by atoms with E-state index in [4.69, 9.17) is 24.7 Å². The van der Waals surface area contributed by atoms with Crippen molar-refractivity contribution >= 4 is 11.6 Å². The summed E-state index contributed by atoms with van der Waals surface area (Å²) in [6.07, 6.45) is 1.76. The predicted molar refractivity (Wildman–Crippen MR) is 107 cm³/mol. The van der Waals surface area contributed by atoms with Gasteiger partial charge in [0.1, 0.15) is 5.75 Å². The molecule has 0 radical (unpaired) electrons. The maximum absolute atomic E-state index is 6.16. The average molecular weight is 383 g/mol. The smallest absolute Gasteiger partial charge is 0.231 e. The number of ether oxygens (including phenoxy) is 4. The van der Waals surface area contributed by atoms with Gasteiger partial charge in [0, 0.05) is 30.4 Å². The van der Waals surface area contributed by atoms with Gasteiger partial charge in [0.25, 0.3) is 0 Å². The van der Waals surface area contributed by atoms with Gasteiger partial charge < -0.3 is 30.0 Å². The Kier molecular flexibility index (Phi) is 5.25. The van der Waals surface area contributed by atoms with Crippen molar-refractivity contribution in [2.45, 2.75) is 18.3 Å². The van der Waals surface area contributed by atoms with E-state index in [0.717, 1.165) is 35.8 Å². The van der Waals surface area contributed by atoms with E-state index in [0.29, 0.717) is 25.7 Å². The zero-order valence-corrected chi connectivity index (χ0v) is 15.9. The van der Waals surface area contributed by atoms with E-state index < -0.39 is 0 Å². The first kappa shape index (κ1) is 18.4. The summed E-state index contributed by atoms with van der Waals surface area (Å²) < 4.78 is 21.9. The molecule has 2 aromatic carbocycles. The Morgan fingerprint density at radius 2 is 1.96 bits per heavy atom. The summed E-state index contributed by atoms with van der Waals surface area (Å²) in [7, 11) is 1.64. The van der Waals surface area contributed by atoms with Gasteiger partial charge >= 0.3 is 0 Å². The van der Waals surface area contributed by atoms with Crippen molar-refractivity contribution < 1.29 is 18.9 Å². The van der Waals surface area contributed by atoms with Gasteiger partial charge in [-0.3, -0.25) is 4.99 Å². The molecule has 2 aromatic rings. The van der Waals surface area contributed by atoms with E-state index in [9.17, 15) is 0 Å². The molecule has 1 saturated heterocycles. The monoisotopic (exact) mass is 383 g/mol. The van der Waals surface area contributed by atoms with Crippen LogP contribution in [0, 0.1) is 0 Å². The summed E-state index contributed by atoms with van der Waals surface area (Å²) in [4.78, 5) is 4.66. The van der Waals surface area contributed by atoms with Gasteiger partial charge in [-0.05, 0) is 42.7 Å². The third kappa shape index (κ3) is 3.84. The van der Waals surface area contributed by atoms with Crippen LogP contribution in [-0.4, -0.2) is 39.6 Å². The Hall–Kier alpha value is -2.93. The Morgan fingerprint density at radius 3 is 2.79 bits per heavy atom. The molecule has 0 saturated carbocycles. The first-order chi connectivity index (χ1) is 13.7. The van der Waals surface area contributed by atoms with Crippen molar-refractivity contribution in [3.63, 3.8) is 0 Å². The lowest BCUT2D eigenvalue weighted by Crippen LogP contribution is -2.38. The zero-order valence-electron chi connectivity index (χ0n) is 15.9. The molecular weight excluding hydrogens is 358 g/mol. The number of aliphatic imine (C=N–C) groups is 1. The molecule has 2 aliphatic rings. The number of fused-ring (bicyclic) bond motifs is 1. The van der Waals surface area contributed by atoms with Gasteiger partial charge in [-0.15, -0.1) is 0 Å². The minimum absolute atomic E-state index is 0.139. The number of nitrogens with one attached hydrogen (secondary N) is 1. The van der Waals surface area contributed by atoms with Crippen LogP contribution in [0.25, 0.3) is 0 Å². The quantitative estimate of drug-likeness (QED) is 0.610. The Labute approximate surface area is 164 Å². The number of rotatable bonds is 5. The van der Waals surface area contributed by atoms with Crippen LogP contribution in [0.5, 0.6) is 17.2 Å². The zero-order chi connectivity index (χ0) is 19.4. The van der Waals surface area contributed by atoms with Gasteiger partial charge in [-0.2, -0.15) is 0 Å². The third-order valence-corrected chi connectivity index (χ3v) is 5.33. The lowest BCUT2D eigenvalue weighted by molar-refractivity contribution is 0.0531. The molecule has 28 heavy (non-hydrogen) atoms. The molecule has 1 fully saturated rings. The topological polar surface area (TPSA) is 87.3 Å². The van der Waals surface area contributed by atoms with Crippen molar-refractivity contribution in [3.05, 3.63) is 48.0 Å². The molecular formula is C21H25N3O4. The van der Waals surface area contributed by atoms with Gasteiger partial charge in [0.2, 0.25) is 6.79 Å². The second-order valence-electron chi connectivity index (χ2n) is 7.02. The van der Waals surface area contributed by atoms with Crippen LogP contribution >= 0.6 is 0 Å². The van der Waals surface area contributed by atoms with Crippen LogP contribution in [0.1, 0.15) is 18.4 Å². The summed E-state index contributed by atoms with van der Waals surface area (Å²) in [5.74, 6) is 2.71. The molecule has 3 N–H and O–H groups in total. The van der Waals surface area contributed by atoms with E-state index in [2.05, 4.69) is 22.4 Å². The molecule has 0 amide bonds. The number of nitrogens with zero attached hydrogens (tertiary/aromatic N) is 1. The van der Waals surface area contributed by atoms with E-state index in [1.54, 1.807) is 7.11 Å². The normalized spacial score (nSPS) is 18.0. The number of nitrogens with two attached hydrogens (primary N) is 1. The number of guanidine groups is 1. The van der Waals surface area contributed by atoms with Crippen LogP contribution in [0.15, 0.2) is 47.5 Å². The van der Waals surface area contributed by atoms with Crippen LogP contribution < -0.4 is 25.3 Å². The molecule has 7 nitrogen and oxygen atoms in total. The number of hydrogen-bond donors (Lipinski definition) is 2. The highest BCUT2D eigenvalue weighted by molar-refractivity contribution is 5.92. The number of methoxy groups -OCH3 is 1. The minimum atomic E-state index is -0.139. The molecule has 4 rings (SSSR count). The number of benzene rings is 2. The van der Waals surface area contributed by atoms with Crippen molar-refractivity contribution in [2.75, 3.05) is 39.0 Å². The van der Waals surface area contributed by atoms with Crippen LogP contribution in [0.2, 0.25) is 0 Å². The highest BCUT2D eigenvalue weighted by Gasteiger charge is 2.35. The van der Waals surface area contributed by atoms with E-state index in [1.165, 1.54) is 5.56 Å². The second kappa shape index (κ2) is 7.98. The van der Waals surface area contributed by atoms with Crippen molar-refractivity contribution in [1.29, 1.82) is 0 Å². The van der Waals surface area contributed by atoms with E-state index in [1.807, 2.05) is 30.3 Å². The van der Waals surface area contributed by atoms with Gasteiger partial charge in [-0.1, -0.05) is 12.1 Å². The Balaban J connectivity index is 1.53. The largest absolute Gasteiger partial charge is 0.497 e. The van der Waals surface area contributed by atoms with Crippen LogP contribution in [0.3, 0.4) is 0 Å². The highest BCUT2D eigenvalue weighted by atomic mass is 16.7. The SMILES string of the molecule is COc1cccc(NC(N)=NCC2(c3ccc4c(c3)OCO4)CCOCC2)c1. The molecule has 0 unspecified atom stereocenters. The fraction of sp³-hybridized carbons (Fsp3) is 0.381. The molecule has 0 atom stereocenters. The predicted octanol–water partition coefficient (Wildman–Crippen LogP) is 2.90. The maximum Gasteiger partial charge on any atom is 0.231 e. The first-order valence-electron chi connectivity index (χ1n) is 9.37. The maximum atomic E-state index is 6.16. The van der Waals surface area contributed by atoms with E-state index >= 15 is 0 Å². The summed E-state index contributed by atoms with van der Waals surface area (Å²) in [6, 6.07) is 13.7. The molecule has 7 heteroatoms. The van der Waals surface area contributed by atoms with Crippen LogP contribution in [-0.2, 0) is 10.2 Å². The van der Waals surface area contributed by atoms with Gasteiger partial charge in [0.15, 0.2) is 17.5 Å². The van der Waals surface area contributed by atoms with Crippen molar-refractivity contribution in [1.82, 2.24) is 0 Å².